The van der Waals surface area contributed by atoms with Crippen LogP contribution in [0.2, 0.25) is 0 Å². The highest BCUT2D eigenvalue weighted by Crippen LogP contribution is 2.04. The van der Waals surface area contributed by atoms with Crippen molar-refractivity contribution in [2.45, 2.75) is 13.8 Å². The largest absolute Gasteiger partial charge is 0.454 e. The lowest BCUT2D eigenvalue weighted by molar-refractivity contribution is -0.136. The number of allylic oxidation sites excluding steroid dienone is 3. The molecule has 0 spiro atoms. The van der Waals surface area contributed by atoms with Crippen molar-refractivity contribution in [3.05, 3.63) is 59.7 Å². The van der Waals surface area contributed by atoms with Gasteiger partial charge in [0.2, 0.25) is 0 Å². The fourth-order valence-corrected chi connectivity index (χ4v) is 1.25. The smallest absolute Gasteiger partial charge is 0.331 e. The van der Waals surface area contributed by atoms with E-state index in [0.717, 1.165) is 5.56 Å². The molecular formula is C15H16O3. The summed E-state index contributed by atoms with van der Waals surface area (Å²) in [5.74, 6) is -0.726. The normalized spacial score (nSPS) is 11.0. The van der Waals surface area contributed by atoms with Gasteiger partial charge in [0, 0.05) is 11.6 Å². The minimum atomic E-state index is -0.520. The zero-order chi connectivity index (χ0) is 13.4. The van der Waals surface area contributed by atoms with Gasteiger partial charge < -0.3 is 4.74 Å². The lowest BCUT2D eigenvalue weighted by Crippen LogP contribution is -2.12. The van der Waals surface area contributed by atoms with Crippen LogP contribution in [0.3, 0.4) is 0 Å². The first-order valence-corrected chi connectivity index (χ1v) is 5.69. The van der Waals surface area contributed by atoms with E-state index in [-0.39, 0.29) is 12.4 Å². The molecule has 3 nitrogen and oxygen atoms in total. The van der Waals surface area contributed by atoms with Gasteiger partial charge in [0.25, 0.3) is 0 Å². The topological polar surface area (TPSA) is 43.4 Å². The van der Waals surface area contributed by atoms with Gasteiger partial charge in [0.15, 0.2) is 12.4 Å². The second-order valence-electron chi connectivity index (χ2n) is 3.78. The predicted octanol–water partition coefficient (Wildman–Crippen LogP) is 2.85. The molecule has 94 valence electrons. The second kappa shape index (κ2) is 7.22. The van der Waals surface area contributed by atoms with Gasteiger partial charge in [0.1, 0.15) is 0 Å². The number of aryl methyl sites for hydroxylation is 1. The standard InChI is InChI=1S/C15H16O3/c1-3-4-5-6-15(17)18-11-14(16)13-9-7-12(2)8-10-13/h3-10H,11H2,1-2H3/b4-3+,6-5+. The quantitative estimate of drug-likeness (QED) is 0.346. The summed E-state index contributed by atoms with van der Waals surface area (Å²) in [6.07, 6.45) is 6.35. The predicted molar refractivity (Wildman–Crippen MR) is 70.4 cm³/mol. The maximum Gasteiger partial charge on any atom is 0.331 e. The summed E-state index contributed by atoms with van der Waals surface area (Å²) in [5, 5.41) is 0. The van der Waals surface area contributed by atoms with E-state index in [4.69, 9.17) is 4.74 Å². The molecule has 0 aromatic heterocycles. The molecule has 0 atom stereocenters. The highest BCUT2D eigenvalue weighted by molar-refractivity contribution is 5.98. The van der Waals surface area contributed by atoms with Crippen LogP contribution in [0.1, 0.15) is 22.8 Å². The lowest BCUT2D eigenvalue weighted by atomic mass is 10.1. The lowest BCUT2D eigenvalue weighted by Gasteiger charge is -2.02. The number of hydrogen-bond donors (Lipinski definition) is 0. The third-order valence-corrected chi connectivity index (χ3v) is 2.25. The summed E-state index contributed by atoms with van der Waals surface area (Å²) in [4.78, 5) is 22.9. The van der Waals surface area contributed by atoms with E-state index in [9.17, 15) is 9.59 Å². The average Bonchev–Trinajstić information content (AvgIpc) is 2.37. The SMILES string of the molecule is C/C=C/C=C/C(=O)OCC(=O)c1ccc(C)cc1. The molecule has 0 saturated heterocycles. The van der Waals surface area contributed by atoms with Crippen LogP contribution >= 0.6 is 0 Å². The van der Waals surface area contributed by atoms with Gasteiger partial charge in [-0.05, 0) is 13.8 Å². The summed E-state index contributed by atoms with van der Waals surface area (Å²) >= 11 is 0. The van der Waals surface area contributed by atoms with Crippen molar-refractivity contribution >= 4 is 11.8 Å². The molecule has 0 fully saturated rings. The third-order valence-electron chi connectivity index (χ3n) is 2.25. The number of carbonyl (C=O) groups is 2. The fraction of sp³-hybridized carbons (Fsp3) is 0.200. The number of Topliss-reactive ketones (excluding diaryl/α,β-unsaturated/α-hetero) is 1. The van der Waals surface area contributed by atoms with Gasteiger partial charge in [0.05, 0.1) is 0 Å². The van der Waals surface area contributed by atoms with Crippen molar-refractivity contribution in [3.8, 4) is 0 Å². The van der Waals surface area contributed by atoms with E-state index < -0.39 is 5.97 Å². The van der Waals surface area contributed by atoms with E-state index in [1.54, 1.807) is 30.4 Å². The number of rotatable bonds is 5. The first-order valence-electron chi connectivity index (χ1n) is 5.69. The highest BCUT2D eigenvalue weighted by Gasteiger charge is 2.07. The van der Waals surface area contributed by atoms with Crippen LogP contribution in [0, 0.1) is 6.92 Å². The van der Waals surface area contributed by atoms with Gasteiger partial charge in [-0.15, -0.1) is 0 Å². The Morgan fingerprint density at radius 1 is 1.17 bits per heavy atom. The highest BCUT2D eigenvalue weighted by atomic mass is 16.5. The molecule has 1 aromatic rings. The van der Waals surface area contributed by atoms with E-state index in [1.165, 1.54) is 6.08 Å². The maximum atomic E-state index is 11.7. The van der Waals surface area contributed by atoms with Crippen LogP contribution in [-0.4, -0.2) is 18.4 Å². The molecular weight excluding hydrogens is 228 g/mol. The Bertz CT molecular complexity index is 467. The van der Waals surface area contributed by atoms with Gasteiger partial charge >= 0.3 is 5.97 Å². The van der Waals surface area contributed by atoms with Gasteiger partial charge in [-0.2, -0.15) is 0 Å². The number of benzene rings is 1. The molecule has 3 heteroatoms. The van der Waals surface area contributed by atoms with Crippen LogP contribution in [0.25, 0.3) is 0 Å². The number of carbonyl (C=O) groups excluding carboxylic acids is 2. The Kier molecular flexibility index (Phi) is 5.58. The Morgan fingerprint density at radius 3 is 2.44 bits per heavy atom. The maximum absolute atomic E-state index is 11.7. The Hall–Kier alpha value is -2.16. The molecule has 1 rings (SSSR count). The molecule has 0 heterocycles. The minimum absolute atomic E-state index is 0.206. The molecule has 0 bridgehead atoms. The molecule has 0 unspecified atom stereocenters. The first kappa shape index (κ1) is 13.9. The first-order chi connectivity index (χ1) is 8.63. The van der Waals surface area contributed by atoms with Crippen molar-refractivity contribution in [2.75, 3.05) is 6.61 Å². The molecule has 0 aliphatic carbocycles. The summed E-state index contributed by atoms with van der Waals surface area (Å²) in [6.45, 7) is 3.55. The average molecular weight is 244 g/mol. The second-order valence-corrected chi connectivity index (χ2v) is 3.78. The van der Waals surface area contributed by atoms with Crippen LogP contribution in [0.5, 0.6) is 0 Å². The molecule has 0 aliphatic rings. The van der Waals surface area contributed by atoms with Crippen molar-refractivity contribution < 1.29 is 14.3 Å². The molecule has 0 N–H and O–H groups in total. The van der Waals surface area contributed by atoms with Crippen molar-refractivity contribution in [2.24, 2.45) is 0 Å². The fourth-order valence-electron chi connectivity index (χ4n) is 1.25. The molecule has 0 aliphatic heterocycles. The van der Waals surface area contributed by atoms with E-state index in [2.05, 4.69) is 0 Å². The van der Waals surface area contributed by atoms with Crippen LogP contribution in [0.4, 0.5) is 0 Å². The van der Waals surface area contributed by atoms with Crippen LogP contribution < -0.4 is 0 Å². The molecule has 0 saturated carbocycles. The minimum Gasteiger partial charge on any atom is -0.454 e. The van der Waals surface area contributed by atoms with Gasteiger partial charge in [-0.3, -0.25) is 4.79 Å². The van der Waals surface area contributed by atoms with Gasteiger partial charge in [-0.25, -0.2) is 4.79 Å². The zero-order valence-corrected chi connectivity index (χ0v) is 10.6. The third kappa shape index (κ3) is 4.78. The molecule has 0 radical (unpaired) electrons. The Balaban J connectivity index is 2.46. The van der Waals surface area contributed by atoms with E-state index in [1.807, 2.05) is 26.0 Å². The van der Waals surface area contributed by atoms with E-state index in [0.29, 0.717) is 5.56 Å². The summed E-state index contributed by atoms with van der Waals surface area (Å²) in [6, 6.07) is 7.14. The van der Waals surface area contributed by atoms with Gasteiger partial charge in [-0.1, -0.05) is 48.1 Å². The summed E-state index contributed by atoms with van der Waals surface area (Å²) in [7, 11) is 0. The molecule has 0 amide bonds. The number of hydrogen-bond acceptors (Lipinski definition) is 3. The molecule has 18 heavy (non-hydrogen) atoms. The number of ether oxygens (including phenoxy) is 1. The Labute approximate surface area is 107 Å². The molecule has 1 aromatic carbocycles. The van der Waals surface area contributed by atoms with E-state index >= 15 is 0 Å². The summed E-state index contributed by atoms with van der Waals surface area (Å²) in [5.41, 5.74) is 1.63. The zero-order valence-electron chi connectivity index (χ0n) is 10.6. The summed E-state index contributed by atoms with van der Waals surface area (Å²) < 4.78 is 4.83. The van der Waals surface area contributed by atoms with Crippen molar-refractivity contribution in [1.82, 2.24) is 0 Å². The van der Waals surface area contributed by atoms with Crippen molar-refractivity contribution in [3.63, 3.8) is 0 Å². The number of esters is 1. The van der Waals surface area contributed by atoms with Crippen LogP contribution in [-0.2, 0) is 9.53 Å². The number of ketones is 1. The Morgan fingerprint density at radius 2 is 1.83 bits per heavy atom. The van der Waals surface area contributed by atoms with Crippen LogP contribution in [0.15, 0.2) is 48.6 Å². The monoisotopic (exact) mass is 244 g/mol. The van der Waals surface area contributed by atoms with Crippen molar-refractivity contribution in [1.29, 1.82) is 0 Å².